The highest BCUT2D eigenvalue weighted by Gasteiger charge is 2.19. The van der Waals surface area contributed by atoms with Gasteiger partial charge in [0.25, 0.3) is 5.70 Å². The summed E-state index contributed by atoms with van der Waals surface area (Å²) in [6.45, 7) is -0.0587. The highest BCUT2D eigenvalue weighted by Crippen LogP contribution is 2.14. The van der Waals surface area contributed by atoms with Gasteiger partial charge in [-0.1, -0.05) is 0 Å². The fourth-order valence-corrected chi connectivity index (χ4v) is 0.710. The normalized spacial score (nSPS) is 16.7. The van der Waals surface area contributed by atoms with E-state index in [4.69, 9.17) is 10.6 Å². The van der Waals surface area contributed by atoms with Crippen molar-refractivity contribution in [3.63, 3.8) is 0 Å². The van der Waals surface area contributed by atoms with Gasteiger partial charge in [0.05, 0.1) is 17.3 Å². The first-order valence-electron chi connectivity index (χ1n) is 2.96. The molecule has 12 heavy (non-hydrogen) atoms. The van der Waals surface area contributed by atoms with E-state index in [-0.39, 0.29) is 18.0 Å². The molecular weight excluding hydrogens is 164 g/mol. The lowest BCUT2D eigenvalue weighted by Gasteiger charge is -2.04. The number of nitro groups is 1. The topological polar surface area (TPSA) is 99.4 Å². The van der Waals surface area contributed by atoms with E-state index in [1.54, 1.807) is 0 Å². The van der Waals surface area contributed by atoms with Crippen molar-refractivity contribution < 1.29 is 9.66 Å². The van der Waals surface area contributed by atoms with E-state index >= 15 is 0 Å². The molecule has 0 amide bonds. The molecular formula is C5H4N4O3. The number of hydrogen-bond acceptors (Lipinski definition) is 5. The summed E-state index contributed by atoms with van der Waals surface area (Å²) in [5, 5.41) is 15.9. The second-order valence-corrected chi connectivity index (χ2v) is 1.89. The van der Waals surface area contributed by atoms with Gasteiger partial charge in [-0.3, -0.25) is 10.1 Å². The van der Waals surface area contributed by atoms with Crippen LogP contribution in [0.5, 0.6) is 0 Å². The minimum Gasteiger partial charge on any atom is -0.494 e. The first-order valence-corrected chi connectivity index (χ1v) is 2.96. The van der Waals surface area contributed by atoms with E-state index < -0.39 is 4.92 Å². The summed E-state index contributed by atoms with van der Waals surface area (Å²) in [5.41, 5.74) is -0.232. The Morgan fingerprint density at radius 2 is 2.50 bits per heavy atom. The van der Waals surface area contributed by atoms with Gasteiger partial charge in [-0.2, -0.15) is 0 Å². The van der Waals surface area contributed by atoms with E-state index in [9.17, 15) is 10.1 Å². The molecule has 0 saturated heterocycles. The predicted molar refractivity (Wildman–Crippen MR) is 36.1 cm³/mol. The predicted octanol–water partition coefficient (Wildman–Crippen LogP) is 0.454. The lowest BCUT2D eigenvalue weighted by molar-refractivity contribution is -0.421. The molecule has 0 aliphatic carbocycles. The van der Waals surface area contributed by atoms with Gasteiger partial charge in [-0.15, -0.1) is 5.11 Å². The highest BCUT2D eigenvalue weighted by atomic mass is 16.6. The van der Waals surface area contributed by atoms with E-state index in [1.165, 1.54) is 6.26 Å². The van der Waals surface area contributed by atoms with Gasteiger partial charge in [0, 0.05) is 0 Å². The Bertz CT molecular complexity index is 280. The fraction of sp³-hybridized carbons (Fsp3) is 0.200. The van der Waals surface area contributed by atoms with Crippen molar-refractivity contribution in [3.8, 4) is 0 Å². The zero-order valence-electron chi connectivity index (χ0n) is 5.88. The van der Waals surface area contributed by atoms with Crippen LogP contribution >= 0.6 is 0 Å². The maximum atomic E-state index is 10.3. The number of hydrogen-bond donors (Lipinski definition) is 0. The summed E-state index contributed by atoms with van der Waals surface area (Å²) < 4.78 is 4.71. The van der Waals surface area contributed by atoms with Gasteiger partial charge >= 0.3 is 0 Å². The van der Waals surface area contributed by atoms with Gasteiger partial charge in [0.2, 0.25) is 0 Å². The molecule has 1 heterocycles. The highest BCUT2D eigenvalue weighted by molar-refractivity contribution is 5.20. The molecule has 1 aliphatic heterocycles. The van der Waals surface area contributed by atoms with Crippen LogP contribution in [-0.4, -0.2) is 11.5 Å². The Balaban J connectivity index is 2.99. The third kappa shape index (κ3) is 1.57. The smallest absolute Gasteiger partial charge is 0.299 e. The van der Waals surface area contributed by atoms with E-state index in [2.05, 4.69) is 10.3 Å². The van der Waals surface area contributed by atoms with Crippen molar-refractivity contribution in [1.29, 1.82) is 0 Å². The maximum Gasteiger partial charge on any atom is 0.299 e. The SMILES string of the molecule is [N]N=NC1=C([N+](=O)[O-])C=COC1. The molecule has 0 N–H and O–H groups in total. The molecule has 2 radical (unpaired) electrons. The van der Waals surface area contributed by atoms with Crippen molar-refractivity contribution in [2.75, 3.05) is 6.61 Å². The molecule has 1 rings (SSSR count). The molecule has 0 aromatic carbocycles. The molecule has 7 nitrogen and oxygen atoms in total. The van der Waals surface area contributed by atoms with E-state index in [0.717, 1.165) is 6.08 Å². The van der Waals surface area contributed by atoms with Crippen LogP contribution in [0.25, 0.3) is 0 Å². The van der Waals surface area contributed by atoms with Gasteiger partial charge in [0.1, 0.15) is 6.61 Å². The van der Waals surface area contributed by atoms with Crippen LogP contribution < -0.4 is 5.84 Å². The molecule has 0 aromatic rings. The Kier molecular flexibility index (Phi) is 2.36. The average Bonchev–Trinajstić information content (AvgIpc) is 2.05. The van der Waals surface area contributed by atoms with Crippen molar-refractivity contribution in [3.05, 3.63) is 33.8 Å². The number of ether oxygens (including phenoxy) is 1. The van der Waals surface area contributed by atoms with Gasteiger partial charge in [0.15, 0.2) is 5.70 Å². The minimum atomic E-state index is -0.622. The van der Waals surface area contributed by atoms with Crippen LogP contribution in [-0.2, 0) is 4.74 Å². The van der Waals surface area contributed by atoms with Crippen LogP contribution in [0.1, 0.15) is 0 Å². The quantitative estimate of drug-likeness (QED) is 0.340. The molecule has 0 saturated carbocycles. The van der Waals surface area contributed by atoms with E-state index in [0.29, 0.717) is 0 Å². The van der Waals surface area contributed by atoms with Crippen molar-refractivity contribution >= 4 is 0 Å². The lowest BCUT2D eigenvalue weighted by Crippen LogP contribution is -2.07. The monoisotopic (exact) mass is 168 g/mol. The molecule has 0 fully saturated rings. The molecule has 62 valence electrons. The third-order valence-corrected chi connectivity index (χ3v) is 1.20. The van der Waals surface area contributed by atoms with Crippen LogP contribution in [0.2, 0.25) is 0 Å². The zero-order valence-corrected chi connectivity index (χ0v) is 5.88. The first-order chi connectivity index (χ1) is 5.75. The van der Waals surface area contributed by atoms with Crippen molar-refractivity contribution in [2.24, 2.45) is 10.3 Å². The second-order valence-electron chi connectivity index (χ2n) is 1.89. The van der Waals surface area contributed by atoms with E-state index in [1.807, 2.05) is 0 Å². The molecule has 0 atom stereocenters. The van der Waals surface area contributed by atoms with Crippen LogP contribution in [0.15, 0.2) is 34.1 Å². The molecule has 0 aromatic heterocycles. The Morgan fingerprint density at radius 3 is 3.08 bits per heavy atom. The molecule has 7 heteroatoms. The Morgan fingerprint density at radius 1 is 1.75 bits per heavy atom. The summed E-state index contributed by atoms with van der Waals surface area (Å²) in [6.07, 6.45) is 2.34. The third-order valence-electron chi connectivity index (χ3n) is 1.20. The maximum absolute atomic E-state index is 10.3. The molecule has 1 aliphatic rings. The summed E-state index contributed by atoms with van der Waals surface area (Å²) in [7, 11) is 0. The largest absolute Gasteiger partial charge is 0.494 e. The lowest BCUT2D eigenvalue weighted by atomic mass is 10.3. The summed E-state index contributed by atoms with van der Waals surface area (Å²) >= 11 is 0. The number of rotatable bonds is 2. The van der Waals surface area contributed by atoms with Gasteiger partial charge < -0.3 is 4.74 Å². The molecule has 0 spiro atoms. The standard InChI is InChI=1S/C5H4N4O3/c6-8-7-4-3-12-2-1-5(4)9(10)11/h1-2H,3H2. The van der Waals surface area contributed by atoms with Gasteiger partial charge in [-0.25, -0.2) is 0 Å². The van der Waals surface area contributed by atoms with Crippen LogP contribution in [0.4, 0.5) is 0 Å². The van der Waals surface area contributed by atoms with Crippen LogP contribution in [0.3, 0.4) is 0 Å². The first kappa shape index (κ1) is 8.18. The molecule has 0 bridgehead atoms. The fourth-order valence-electron chi connectivity index (χ4n) is 0.710. The summed E-state index contributed by atoms with van der Waals surface area (Å²) in [6, 6.07) is 0. The van der Waals surface area contributed by atoms with Crippen molar-refractivity contribution in [2.45, 2.75) is 0 Å². The van der Waals surface area contributed by atoms with Crippen molar-refractivity contribution in [1.82, 2.24) is 5.84 Å². The van der Waals surface area contributed by atoms with Crippen LogP contribution in [0, 0.1) is 10.1 Å². The summed E-state index contributed by atoms with van der Waals surface area (Å²) in [4.78, 5) is 9.68. The van der Waals surface area contributed by atoms with Gasteiger partial charge in [-0.05, 0) is 11.1 Å². The number of allylic oxidation sites excluding steroid dienone is 1. The Labute approximate surface area is 67.3 Å². The summed E-state index contributed by atoms with van der Waals surface area (Å²) in [5.74, 6) is 8.04. The minimum absolute atomic E-state index is 0.00926. The number of nitrogens with zero attached hydrogens (tertiary/aromatic N) is 4. The zero-order chi connectivity index (χ0) is 8.97. The Hall–Kier alpha value is -1.92. The molecule has 0 unspecified atom stereocenters. The second kappa shape index (κ2) is 3.46. The average molecular weight is 168 g/mol.